The highest BCUT2D eigenvalue weighted by Gasteiger charge is 2.39. The molecule has 26 heavy (non-hydrogen) atoms. The van der Waals surface area contributed by atoms with Crippen LogP contribution in [0.4, 0.5) is 5.88 Å². The number of ether oxygens (including phenoxy) is 1. The third kappa shape index (κ3) is 2.68. The molecule has 5 rings (SSSR count). The van der Waals surface area contributed by atoms with Gasteiger partial charge < -0.3 is 19.8 Å². The van der Waals surface area contributed by atoms with Crippen LogP contribution in [0.15, 0.2) is 28.7 Å². The minimum absolute atomic E-state index is 0.0717. The molecule has 0 spiro atoms. The van der Waals surface area contributed by atoms with Gasteiger partial charge in [0.05, 0.1) is 13.2 Å². The number of nitrogens with one attached hydrogen (secondary N) is 2. The van der Waals surface area contributed by atoms with Gasteiger partial charge in [-0.15, -0.1) is 0 Å². The first kappa shape index (κ1) is 15.8. The van der Waals surface area contributed by atoms with Crippen LogP contribution in [0.3, 0.4) is 0 Å². The zero-order valence-corrected chi connectivity index (χ0v) is 14.4. The smallest absolute Gasteiger partial charge is 0.255 e. The van der Waals surface area contributed by atoms with Crippen LogP contribution >= 0.6 is 0 Å². The number of benzene rings is 1. The molecule has 2 N–H and O–H groups in total. The van der Waals surface area contributed by atoms with Crippen LogP contribution in [0.2, 0.25) is 0 Å². The Hall–Kier alpha value is -2.38. The van der Waals surface area contributed by atoms with Crippen LogP contribution in [0, 0.1) is 0 Å². The summed E-state index contributed by atoms with van der Waals surface area (Å²) in [6, 6.07) is 8.40. The maximum Gasteiger partial charge on any atom is 0.255 e. The lowest BCUT2D eigenvalue weighted by Crippen LogP contribution is -2.42. The molecule has 1 aromatic heterocycles. The Kier molecular flexibility index (Phi) is 3.72. The number of hydrogen-bond acceptors (Lipinski definition) is 5. The van der Waals surface area contributed by atoms with Crippen molar-refractivity contribution in [2.75, 3.05) is 24.7 Å². The predicted octanol–water partition coefficient (Wildman–Crippen LogP) is 1.42. The van der Waals surface area contributed by atoms with Crippen molar-refractivity contribution in [3.05, 3.63) is 29.8 Å². The van der Waals surface area contributed by atoms with E-state index in [0.29, 0.717) is 42.3 Å². The molecule has 2 aromatic rings. The number of hydrogen-bond donors (Lipinski definition) is 2. The van der Waals surface area contributed by atoms with E-state index in [4.69, 9.17) is 9.15 Å². The fourth-order valence-corrected chi connectivity index (χ4v) is 4.28. The summed E-state index contributed by atoms with van der Waals surface area (Å²) in [7, 11) is 0. The van der Waals surface area contributed by atoms with Gasteiger partial charge in [-0.25, -0.2) is 0 Å². The van der Waals surface area contributed by atoms with E-state index in [1.165, 1.54) is 6.42 Å². The van der Waals surface area contributed by atoms with E-state index in [0.717, 1.165) is 18.2 Å². The van der Waals surface area contributed by atoms with Gasteiger partial charge in [0.2, 0.25) is 5.88 Å². The summed E-state index contributed by atoms with van der Waals surface area (Å²) >= 11 is 0. The van der Waals surface area contributed by atoms with Crippen LogP contribution in [0.1, 0.15) is 29.6 Å². The van der Waals surface area contributed by atoms with Crippen LogP contribution in [-0.2, 0) is 9.53 Å². The zero-order valence-electron chi connectivity index (χ0n) is 14.4. The Morgan fingerprint density at radius 3 is 2.96 bits per heavy atom. The molecule has 136 valence electrons. The lowest BCUT2D eigenvalue weighted by Gasteiger charge is -2.24. The topological polar surface area (TPSA) is 83.8 Å². The van der Waals surface area contributed by atoms with E-state index in [1.807, 2.05) is 12.1 Å². The van der Waals surface area contributed by atoms with Gasteiger partial charge >= 0.3 is 0 Å². The van der Waals surface area contributed by atoms with Crippen LogP contribution in [-0.4, -0.2) is 49.7 Å². The van der Waals surface area contributed by atoms with Gasteiger partial charge in [0.15, 0.2) is 0 Å². The van der Waals surface area contributed by atoms with E-state index in [-0.39, 0.29) is 24.5 Å². The first-order valence-electron chi connectivity index (χ1n) is 9.16. The molecule has 0 radical (unpaired) electrons. The summed E-state index contributed by atoms with van der Waals surface area (Å²) in [5.41, 5.74) is 1.19. The van der Waals surface area contributed by atoms with E-state index in [1.54, 1.807) is 17.0 Å². The number of morpholine rings is 1. The number of furan rings is 1. The minimum Gasteiger partial charge on any atom is -0.440 e. The van der Waals surface area contributed by atoms with Crippen molar-refractivity contribution in [3.8, 4) is 0 Å². The maximum absolute atomic E-state index is 12.6. The molecule has 3 fully saturated rings. The Labute approximate surface area is 150 Å². The van der Waals surface area contributed by atoms with Crippen molar-refractivity contribution in [1.29, 1.82) is 0 Å². The number of carbonyl (C=O) groups excluding carboxylic acids is 2. The van der Waals surface area contributed by atoms with E-state index in [9.17, 15) is 9.59 Å². The number of fused-ring (bicyclic) bond motifs is 3. The second-order valence-corrected chi connectivity index (χ2v) is 7.30. The minimum atomic E-state index is -0.114. The predicted molar refractivity (Wildman–Crippen MR) is 95.2 cm³/mol. The Morgan fingerprint density at radius 2 is 2.19 bits per heavy atom. The zero-order chi connectivity index (χ0) is 17.7. The average molecular weight is 355 g/mol. The Balaban J connectivity index is 1.36. The Bertz CT molecular complexity index is 877. The molecule has 7 heteroatoms. The van der Waals surface area contributed by atoms with Gasteiger partial charge in [-0.2, -0.15) is 0 Å². The molecular formula is C19H21N3O4. The number of amides is 2. The van der Waals surface area contributed by atoms with E-state index >= 15 is 0 Å². The summed E-state index contributed by atoms with van der Waals surface area (Å²) in [5.74, 6) is 0.312. The van der Waals surface area contributed by atoms with Crippen molar-refractivity contribution in [3.63, 3.8) is 0 Å². The molecular weight excluding hydrogens is 334 g/mol. The van der Waals surface area contributed by atoms with Gasteiger partial charge in [-0.05, 0) is 31.4 Å². The summed E-state index contributed by atoms with van der Waals surface area (Å²) < 4.78 is 11.0. The summed E-state index contributed by atoms with van der Waals surface area (Å²) in [4.78, 5) is 26.2. The molecule has 2 bridgehead atoms. The highest BCUT2D eigenvalue weighted by Crippen LogP contribution is 2.30. The molecule has 0 unspecified atom stereocenters. The number of rotatable bonds is 3. The molecule has 3 aliphatic heterocycles. The van der Waals surface area contributed by atoms with Crippen molar-refractivity contribution in [2.24, 2.45) is 0 Å². The SMILES string of the molecule is O=C(N[C@@H]1C[C@H]2CC[C@@H]1N2)c1ccc2cc(N3CCOCC3=O)oc2c1. The first-order chi connectivity index (χ1) is 12.7. The van der Waals surface area contributed by atoms with Crippen molar-refractivity contribution < 1.29 is 18.7 Å². The highest BCUT2D eigenvalue weighted by atomic mass is 16.5. The normalized spacial score (nSPS) is 28.1. The fourth-order valence-electron chi connectivity index (χ4n) is 4.28. The van der Waals surface area contributed by atoms with E-state index < -0.39 is 0 Å². The van der Waals surface area contributed by atoms with Gasteiger partial charge in [-0.1, -0.05) is 6.07 Å². The van der Waals surface area contributed by atoms with Gasteiger partial charge in [-0.3, -0.25) is 14.5 Å². The second kappa shape index (κ2) is 6.10. The molecule has 3 aliphatic rings. The van der Waals surface area contributed by atoms with Crippen molar-refractivity contribution in [1.82, 2.24) is 10.6 Å². The number of anilines is 1. The van der Waals surface area contributed by atoms with Crippen molar-refractivity contribution in [2.45, 2.75) is 37.4 Å². The molecule has 7 nitrogen and oxygen atoms in total. The summed E-state index contributed by atoms with van der Waals surface area (Å²) in [6.45, 7) is 1.04. The lowest BCUT2D eigenvalue weighted by molar-refractivity contribution is -0.125. The van der Waals surface area contributed by atoms with E-state index in [2.05, 4.69) is 10.6 Å². The average Bonchev–Trinajstić information content (AvgIpc) is 3.36. The standard InChI is InChI=1S/C19H21N3O4/c23-17-10-25-6-5-22(17)18-8-11-1-2-12(7-16(11)26-18)19(24)21-15-9-13-3-4-14(15)20-13/h1-2,7-8,13-15,20H,3-6,9-10H2,(H,21,24)/t13-,14+,15-/m1/s1. The fraction of sp³-hybridized carbons (Fsp3) is 0.474. The second-order valence-electron chi connectivity index (χ2n) is 7.30. The lowest BCUT2D eigenvalue weighted by atomic mass is 9.95. The third-order valence-electron chi connectivity index (χ3n) is 5.64. The third-order valence-corrected chi connectivity index (χ3v) is 5.64. The molecule has 4 heterocycles. The number of carbonyl (C=O) groups is 2. The molecule has 0 saturated carbocycles. The monoisotopic (exact) mass is 355 g/mol. The maximum atomic E-state index is 12.6. The van der Waals surface area contributed by atoms with Gasteiger partial charge in [0, 0.05) is 35.1 Å². The van der Waals surface area contributed by atoms with Gasteiger partial charge in [0.1, 0.15) is 12.2 Å². The van der Waals surface area contributed by atoms with Crippen molar-refractivity contribution >= 4 is 28.7 Å². The van der Waals surface area contributed by atoms with Crippen LogP contribution < -0.4 is 15.5 Å². The summed E-state index contributed by atoms with van der Waals surface area (Å²) in [6.07, 6.45) is 3.34. The first-order valence-corrected chi connectivity index (χ1v) is 9.16. The largest absolute Gasteiger partial charge is 0.440 e. The molecule has 0 aliphatic carbocycles. The molecule has 1 aromatic carbocycles. The van der Waals surface area contributed by atoms with Gasteiger partial charge in [0.25, 0.3) is 11.8 Å². The quantitative estimate of drug-likeness (QED) is 0.870. The molecule has 3 atom stereocenters. The van der Waals surface area contributed by atoms with Crippen LogP contribution in [0.5, 0.6) is 0 Å². The molecule has 2 amide bonds. The van der Waals surface area contributed by atoms with Crippen LogP contribution in [0.25, 0.3) is 11.0 Å². The number of nitrogens with zero attached hydrogens (tertiary/aromatic N) is 1. The molecule has 3 saturated heterocycles. The summed E-state index contributed by atoms with van der Waals surface area (Å²) in [5, 5.41) is 7.54. The Morgan fingerprint density at radius 1 is 1.27 bits per heavy atom. The highest BCUT2D eigenvalue weighted by molar-refractivity contribution is 5.99.